The van der Waals surface area contributed by atoms with Gasteiger partial charge in [-0.25, -0.2) is 4.79 Å². The summed E-state index contributed by atoms with van der Waals surface area (Å²) >= 11 is 0. The van der Waals surface area contributed by atoms with Gasteiger partial charge in [-0.2, -0.15) is 0 Å². The highest BCUT2D eigenvalue weighted by Crippen LogP contribution is 2.30. The van der Waals surface area contributed by atoms with Crippen LogP contribution in [0.25, 0.3) is 0 Å². The second kappa shape index (κ2) is 10.0. The summed E-state index contributed by atoms with van der Waals surface area (Å²) in [6.07, 6.45) is 0. The van der Waals surface area contributed by atoms with E-state index in [0.717, 1.165) is 0 Å². The number of esters is 1. The Hall–Kier alpha value is -3.23. The van der Waals surface area contributed by atoms with Gasteiger partial charge in [0.05, 0.1) is 13.2 Å². The van der Waals surface area contributed by atoms with E-state index in [4.69, 9.17) is 23.5 Å². The first-order valence-electron chi connectivity index (χ1n) is 8.43. The van der Waals surface area contributed by atoms with Crippen LogP contribution in [-0.4, -0.2) is 43.5 Å². The van der Waals surface area contributed by atoms with Gasteiger partial charge in [0, 0.05) is 17.8 Å². The van der Waals surface area contributed by atoms with E-state index in [0.29, 0.717) is 36.2 Å². The number of rotatable bonds is 10. The molecule has 1 aromatic heterocycles. The van der Waals surface area contributed by atoms with Crippen LogP contribution < -0.4 is 19.5 Å². The van der Waals surface area contributed by atoms with E-state index in [1.165, 1.54) is 6.07 Å². The number of benzene rings is 1. The normalized spacial score (nSPS) is 10.2. The first kappa shape index (κ1) is 20.1. The summed E-state index contributed by atoms with van der Waals surface area (Å²) in [5.41, 5.74) is 0.497. The third-order valence-corrected chi connectivity index (χ3v) is 3.14. The Bertz CT molecular complexity index is 773. The Kier molecular flexibility index (Phi) is 7.48. The molecule has 1 N–H and O–H groups in total. The lowest BCUT2D eigenvalue weighted by atomic mass is 10.2. The minimum atomic E-state index is -0.701. The van der Waals surface area contributed by atoms with Gasteiger partial charge in [0.1, 0.15) is 5.76 Å². The SMILES string of the molecule is CCOc1ccc(NC(=O)COC(=O)COc2cc(C)on2)cc1OCC. The number of nitrogens with one attached hydrogen (secondary N) is 1. The molecule has 0 atom stereocenters. The van der Waals surface area contributed by atoms with Crippen molar-refractivity contribution in [2.75, 3.05) is 31.7 Å². The maximum absolute atomic E-state index is 11.9. The predicted molar refractivity (Wildman–Crippen MR) is 95.1 cm³/mol. The zero-order chi connectivity index (χ0) is 19.6. The van der Waals surface area contributed by atoms with Crippen LogP contribution in [0.4, 0.5) is 5.69 Å². The molecule has 0 aliphatic carbocycles. The number of ether oxygens (including phenoxy) is 4. The van der Waals surface area contributed by atoms with Gasteiger partial charge in [-0.1, -0.05) is 0 Å². The quantitative estimate of drug-likeness (QED) is 0.628. The number of carbonyl (C=O) groups is 2. The highest BCUT2D eigenvalue weighted by Gasteiger charge is 2.12. The molecule has 2 rings (SSSR count). The maximum atomic E-state index is 11.9. The molecule has 9 heteroatoms. The molecule has 146 valence electrons. The molecule has 0 unspecified atom stereocenters. The standard InChI is InChI=1S/C18H22N2O7/c1-4-23-14-7-6-13(9-15(14)24-5-2)19-16(21)10-26-18(22)11-25-17-8-12(3)27-20-17/h6-9H,4-5,10-11H2,1-3H3,(H,19,21). The Labute approximate surface area is 156 Å². The molecule has 1 heterocycles. The third kappa shape index (κ3) is 6.53. The van der Waals surface area contributed by atoms with Gasteiger partial charge >= 0.3 is 5.97 Å². The Morgan fingerprint density at radius 2 is 1.78 bits per heavy atom. The molecular weight excluding hydrogens is 356 g/mol. The highest BCUT2D eigenvalue weighted by molar-refractivity contribution is 5.93. The van der Waals surface area contributed by atoms with E-state index in [9.17, 15) is 9.59 Å². The average molecular weight is 378 g/mol. The fourth-order valence-electron chi connectivity index (χ4n) is 2.06. The van der Waals surface area contributed by atoms with Gasteiger partial charge in [0.25, 0.3) is 11.8 Å². The lowest BCUT2D eigenvalue weighted by Gasteiger charge is -2.13. The van der Waals surface area contributed by atoms with Gasteiger partial charge in [0.2, 0.25) is 0 Å². The lowest BCUT2D eigenvalue weighted by molar-refractivity contribution is -0.149. The van der Waals surface area contributed by atoms with Crippen molar-refractivity contribution in [3.05, 3.63) is 30.0 Å². The number of aromatic nitrogens is 1. The summed E-state index contributed by atoms with van der Waals surface area (Å²) in [4.78, 5) is 23.6. The third-order valence-electron chi connectivity index (χ3n) is 3.14. The van der Waals surface area contributed by atoms with Gasteiger partial charge in [-0.15, -0.1) is 0 Å². The van der Waals surface area contributed by atoms with E-state index in [1.807, 2.05) is 13.8 Å². The van der Waals surface area contributed by atoms with Crippen molar-refractivity contribution < 1.29 is 33.1 Å². The van der Waals surface area contributed by atoms with E-state index >= 15 is 0 Å². The van der Waals surface area contributed by atoms with Crippen molar-refractivity contribution in [2.45, 2.75) is 20.8 Å². The zero-order valence-electron chi connectivity index (χ0n) is 15.4. The van der Waals surface area contributed by atoms with Crippen molar-refractivity contribution in [1.29, 1.82) is 0 Å². The molecule has 0 bridgehead atoms. The van der Waals surface area contributed by atoms with Crippen LogP contribution in [-0.2, 0) is 14.3 Å². The van der Waals surface area contributed by atoms with E-state index in [1.54, 1.807) is 25.1 Å². The van der Waals surface area contributed by atoms with Crippen LogP contribution in [0.5, 0.6) is 17.4 Å². The fourth-order valence-corrected chi connectivity index (χ4v) is 2.06. The molecule has 0 aliphatic heterocycles. The predicted octanol–water partition coefficient (Wildman–Crippen LogP) is 2.34. The van der Waals surface area contributed by atoms with Gasteiger partial charge in [-0.05, 0) is 38.1 Å². The summed E-state index contributed by atoms with van der Waals surface area (Å²) in [5.74, 6) is 0.639. The average Bonchev–Trinajstić information content (AvgIpc) is 3.06. The minimum absolute atomic E-state index is 0.173. The van der Waals surface area contributed by atoms with Gasteiger partial charge < -0.3 is 28.8 Å². The maximum Gasteiger partial charge on any atom is 0.344 e. The zero-order valence-corrected chi connectivity index (χ0v) is 15.4. The van der Waals surface area contributed by atoms with E-state index < -0.39 is 18.5 Å². The number of anilines is 1. The summed E-state index contributed by atoms with van der Waals surface area (Å²) in [7, 11) is 0. The van der Waals surface area contributed by atoms with Crippen molar-refractivity contribution >= 4 is 17.6 Å². The number of hydrogen-bond acceptors (Lipinski definition) is 8. The van der Waals surface area contributed by atoms with Crippen molar-refractivity contribution in [3.8, 4) is 17.4 Å². The molecular formula is C18H22N2O7. The second-order valence-corrected chi connectivity index (χ2v) is 5.30. The molecule has 0 fully saturated rings. The molecule has 0 aliphatic rings. The number of aryl methyl sites for hydroxylation is 1. The Balaban J connectivity index is 1.80. The smallest absolute Gasteiger partial charge is 0.344 e. The molecule has 1 amide bonds. The molecule has 9 nitrogen and oxygen atoms in total. The van der Waals surface area contributed by atoms with E-state index in [2.05, 4.69) is 10.5 Å². The minimum Gasteiger partial charge on any atom is -0.490 e. The Morgan fingerprint density at radius 1 is 1.04 bits per heavy atom. The number of nitrogens with zero attached hydrogens (tertiary/aromatic N) is 1. The molecule has 1 aromatic carbocycles. The van der Waals surface area contributed by atoms with Crippen molar-refractivity contribution in [2.24, 2.45) is 0 Å². The highest BCUT2D eigenvalue weighted by atomic mass is 16.6. The first-order valence-corrected chi connectivity index (χ1v) is 8.43. The molecule has 27 heavy (non-hydrogen) atoms. The Morgan fingerprint density at radius 3 is 2.44 bits per heavy atom. The van der Waals surface area contributed by atoms with Crippen LogP contribution >= 0.6 is 0 Å². The molecule has 2 aromatic rings. The van der Waals surface area contributed by atoms with Crippen LogP contribution in [0.3, 0.4) is 0 Å². The number of carbonyl (C=O) groups excluding carboxylic acids is 2. The molecule has 0 spiro atoms. The summed E-state index contributed by atoms with van der Waals surface area (Å²) < 4.78 is 25.7. The van der Waals surface area contributed by atoms with Gasteiger partial charge in [0.15, 0.2) is 24.7 Å². The number of amides is 1. The van der Waals surface area contributed by atoms with Crippen LogP contribution in [0.2, 0.25) is 0 Å². The molecule has 0 saturated carbocycles. The summed E-state index contributed by atoms with van der Waals surface area (Å²) in [6, 6.07) is 6.54. The monoisotopic (exact) mass is 378 g/mol. The summed E-state index contributed by atoms with van der Waals surface area (Å²) in [6.45, 7) is 5.54. The molecule has 0 saturated heterocycles. The van der Waals surface area contributed by atoms with Gasteiger partial charge in [-0.3, -0.25) is 4.79 Å². The fraction of sp³-hybridized carbons (Fsp3) is 0.389. The largest absolute Gasteiger partial charge is 0.490 e. The second-order valence-electron chi connectivity index (χ2n) is 5.30. The molecule has 0 radical (unpaired) electrons. The van der Waals surface area contributed by atoms with E-state index in [-0.39, 0.29) is 12.5 Å². The number of hydrogen-bond donors (Lipinski definition) is 1. The van der Waals surface area contributed by atoms with Crippen LogP contribution in [0, 0.1) is 6.92 Å². The van der Waals surface area contributed by atoms with Crippen LogP contribution in [0.1, 0.15) is 19.6 Å². The van der Waals surface area contributed by atoms with Crippen molar-refractivity contribution in [1.82, 2.24) is 5.16 Å². The first-order chi connectivity index (χ1) is 13.0. The topological polar surface area (TPSA) is 109 Å². The van der Waals surface area contributed by atoms with Crippen LogP contribution in [0.15, 0.2) is 28.8 Å². The summed E-state index contributed by atoms with van der Waals surface area (Å²) in [5, 5.41) is 6.20. The lowest BCUT2D eigenvalue weighted by Crippen LogP contribution is -2.23. The van der Waals surface area contributed by atoms with Crippen molar-refractivity contribution in [3.63, 3.8) is 0 Å².